The average molecular weight is 132 g/mol. The van der Waals surface area contributed by atoms with E-state index in [9.17, 15) is 14.0 Å². The number of hydrogen-bond acceptors (Lipinski definition) is 2. The molecule has 1 atom stereocenters. The Morgan fingerprint density at radius 1 is 1.56 bits per heavy atom. The van der Waals surface area contributed by atoms with Gasteiger partial charge in [-0.15, -0.1) is 0 Å². The third kappa shape index (κ3) is 1.16. The lowest BCUT2D eigenvalue weighted by Crippen LogP contribution is -2.53. The van der Waals surface area contributed by atoms with Crippen molar-refractivity contribution in [2.24, 2.45) is 0 Å². The molecule has 3 amide bonds. The first kappa shape index (κ1) is 6.00. The number of alkyl halides is 1. The highest BCUT2D eigenvalue weighted by Crippen LogP contribution is 1.92. The fourth-order valence-electron chi connectivity index (χ4n) is 0.509. The predicted molar refractivity (Wildman–Crippen MR) is 26.4 cm³/mol. The van der Waals surface area contributed by atoms with Gasteiger partial charge in [-0.1, -0.05) is 0 Å². The van der Waals surface area contributed by atoms with Crippen molar-refractivity contribution in [3.05, 3.63) is 0 Å². The zero-order valence-electron chi connectivity index (χ0n) is 4.48. The third-order valence-electron chi connectivity index (χ3n) is 0.963. The molecule has 0 aromatic rings. The molecule has 4 nitrogen and oxygen atoms in total. The lowest BCUT2D eigenvalue weighted by atomic mass is 10.3. The molecule has 9 heavy (non-hydrogen) atoms. The minimum atomic E-state index is -1.59. The van der Waals surface area contributed by atoms with E-state index in [2.05, 4.69) is 5.32 Å². The minimum absolute atomic E-state index is 0.218. The molecule has 1 aliphatic heterocycles. The van der Waals surface area contributed by atoms with E-state index < -0.39 is 18.1 Å². The first-order chi connectivity index (χ1) is 4.20. The number of imide groups is 1. The minimum Gasteiger partial charge on any atom is -0.334 e. The molecule has 1 rings (SSSR count). The summed E-state index contributed by atoms with van der Waals surface area (Å²) in [6.45, 7) is -0.218. The largest absolute Gasteiger partial charge is 0.334 e. The summed E-state index contributed by atoms with van der Waals surface area (Å²) in [6, 6.07) is -0.631. The number of nitrogens with one attached hydrogen (secondary N) is 2. The van der Waals surface area contributed by atoms with Gasteiger partial charge in [0, 0.05) is 0 Å². The number of amides is 3. The zero-order valence-corrected chi connectivity index (χ0v) is 4.48. The number of carbonyl (C=O) groups is 2. The van der Waals surface area contributed by atoms with Crippen LogP contribution in [0.1, 0.15) is 0 Å². The molecule has 0 bridgehead atoms. The van der Waals surface area contributed by atoms with Gasteiger partial charge in [0.2, 0.25) is 0 Å². The fourth-order valence-corrected chi connectivity index (χ4v) is 0.509. The molecular weight excluding hydrogens is 127 g/mol. The summed E-state index contributed by atoms with van der Waals surface area (Å²) in [6.07, 6.45) is -1.59. The van der Waals surface area contributed by atoms with Gasteiger partial charge in [0.1, 0.15) is 0 Å². The van der Waals surface area contributed by atoms with E-state index in [1.807, 2.05) is 0 Å². The quantitative estimate of drug-likeness (QED) is 0.451. The molecule has 2 N–H and O–H groups in total. The smallest absolute Gasteiger partial charge is 0.321 e. The second kappa shape index (κ2) is 2.00. The van der Waals surface area contributed by atoms with Crippen LogP contribution in [0, 0.1) is 0 Å². The van der Waals surface area contributed by atoms with E-state index in [0.717, 1.165) is 0 Å². The molecule has 50 valence electrons. The molecule has 5 heteroatoms. The number of rotatable bonds is 0. The molecule has 0 radical (unpaired) electrons. The molecule has 0 unspecified atom stereocenters. The van der Waals surface area contributed by atoms with Gasteiger partial charge in [-0.05, 0) is 0 Å². The lowest BCUT2D eigenvalue weighted by molar-refractivity contribution is -0.125. The van der Waals surface area contributed by atoms with Crippen molar-refractivity contribution in [3.8, 4) is 0 Å². The Labute approximate surface area is 50.4 Å². The van der Waals surface area contributed by atoms with Crippen molar-refractivity contribution < 1.29 is 14.0 Å². The van der Waals surface area contributed by atoms with E-state index in [-0.39, 0.29) is 6.54 Å². The summed E-state index contributed by atoms with van der Waals surface area (Å²) in [5.74, 6) is -0.862. The van der Waals surface area contributed by atoms with E-state index in [1.54, 1.807) is 5.32 Å². The van der Waals surface area contributed by atoms with E-state index in [0.29, 0.717) is 0 Å². The highest BCUT2D eigenvalue weighted by Gasteiger charge is 2.24. The van der Waals surface area contributed by atoms with Crippen LogP contribution < -0.4 is 10.6 Å². The highest BCUT2D eigenvalue weighted by atomic mass is 19.1. The Bertz CT molecular complexity index is 159. The van der Waals surface area contributed by atoms with E-state index in [4.69, 9.17) is 0 Å². The van der Waals surface area contributed by atoms with Gasteiger partial charge in [-0.3, -0.25) is 10.1 Å². The monoisotopic (exact) mass is 132 g/mol. The number of carbonyl (C=O) groups excluding carboxylic acids is 2. The summed E-state index contributed by atoms with van der Waals surface area (Å²) in [5, 5.41) is 3.88. The lowest BCUT2D eigenvalue weighted by Gasteiger charge is -2.14. The summed E-state index contributed by atoms with van der Waals surface area (Å²) < 4.78 is 12.1. The molecular formula is C4H5FN2O2. The number of hydrogen-bond donors (Lipinski definition) is 2. The van der Waals surface area contributed by atoms with Crippen LogP contribution in [0.4, 0.5) is 9.18 Å². The first-order valence-corrected chi connectivity index (χ1v) is 2.43. The van der Waals surface area contributed by atoms with Crippen molar-refractivity contribution in [2.45, 2.75) is 6.17 Å². The number of urea groups is 1. The molecule has 1 heterocycles. The van der Waals surface area contributed by atoms with Crippen LogP contribution in [0.2, 0.25) is 0 Å². The topological polar surface area (TPSA) is 58.2 Å². The summed E-state index contributed by atoms with van der Waals surface area (Å²) in [4.78, 5) is 20.5. The average Bonchev–Trinajstić information content (AvgIpc) is 1.80. The van der Waals surface area contributed by atoms with Gasteiger partial charge >= 0.3 is 6.03 Å². The Kier molecular flexibility index (Phi) is 1.33. The molecule has 0 saturated carbocycles. The molecule has 1 fully saturated rings. The van der Waals surface area contributed by atoms with Crippen LogP contribution in [0.3, 0.4) is 0 Å². The fraction of sp³-hybridized carbons (Fsp3) is 0.500. The van der Waals surface area contributed by atoms with E-state index in [1.165, 1.54) is 0 Å². The van der Waals surface area contributed by atoms with Gasteiger partial charge in [-0.2, -0.15) is 0 Å². The second-order valence-electron chi connectivity index (χ2n) is 1.67. The van der Waals surface area contributed by atoms with Gasteiger partial charge in [-0.25, -0.2) is 9.18 Å². The summed E-state index contributed by atoms with van der Waals surface area (Å²) >= 11 is 0. The second-order valence-corrected chi connectivity index (χ2v) is 1.67. The number of halogens is 1. The zero-order chi connectivity index (χ0) is 6.85. The maximum atomic E-state index is 12.1. The van der Waals surface area contributed by atoms with Gasteiger partial charge < -0.3 is 5.32 Å². The standard InChI is InChI=1S/C4H5FN2O2/c5-2-1-6-4(9)7-3(2)8/h2H,1H2,(H2,6,7,8,9)/t2-/m1/s1. The Hall–Kier alpha value is -1.13. The Morgan fingerprint density at radius 2 is 2.22 bits per heavy atom. The normalized spacial score (nSPS) is 27.0. The molecule has 0 aromatic carbocycles. The van der Waals surface area contributed by atoms with Crippen LogP contribution in [0.15, 0.2) is 0 Å². The van der Waals surface area contributed by atoms with Crippen molar-refractivity contribution >= 4 is 11.9 Å². The van der Waals surface area contributed by atoms with Crippen LogP contribution in [0.5, 0.6) is 0 Å². The maximum Gasteiger partial charge on any atom is 0.321 e. The van der Waals surface area contributed by atoms with Crippen LogP contribution in [-0.2, 0) is 4.79 Å². The SMILES string of the molecule is O=C1NC[C@@H](F)C(=O)N1. The Balaban J connectivity index is 2.54. The molecule has 1 aliphatic rings. The van der Waals surface area contributed by atoms with Crippen LogP contribution in [0.25, 0.3) is 0 Å². The first-order valence-electron chi connectivity index (χ1n) is 2.43. The molecule has 0 aromatic heterocycles. The van der Waals surface area contributed by atoms with Gasteiger partial charge in [0.25, 0.3) is 5.91 Å². The maximum absolute atomic E-state index is 12.1. The van der Waals surface area contributed by atoms with E-state index >= 15 is 0 Å². The summed E-state index contributed by atoms with van der Waals surface area (Å²) in [7, 11) is 0. The van der Waals surface area contributed by atoms with Crippen LogP contribution in [-0.4, -0.2) is 24.7 Å². The molecule has 1 saturated heterocycles. The Morgan fingerprint density at radius 3 is 2.67 bits per heavy atom. The van der Waals surface area contributed by atoms with Crippen LogP contribution >= 0.6 is 0 Å². The highest BCUT2D eigenvalue weighted by molar-refractivity contribution is 5.99. The molecule has 0 spiro atoms. The summed E-state index contributed by atoms with van der Waals surface area (Å²) in [5.41, 5.74) is 0. The van der Waals surface area contributed by atoms with Crippen molar-refractivity contribution in [1.82, 2.24) is 10.6 Å². The predicted octanol–water partition coefficient (Wildman–Crippen LogP) is -0.836. The third-order valence-corrected chi connectivity index (χ3v) is 0.963. The van der Waals surface area contributed by atoms with Crippen molar-refractivity contribution in [3.63, 3.8) is 0 Å². The molecule has 0 aliphatic carbocycles. The van der Waals surface area contributed by atoms with Gasteiger partial charge in [0.15, 0.2) is 6.17 Å². The van der Waals surface area contributed by atoms with Crippen molar-refractivity contribution in [1.29, 1.82) is 0 Å². The van der Waals surface area contributed by atoms with Gasteiger partial charge in [0.05, 0.1) is 6.54 Å². The van der Waals surface area contributed by atoms with Crippen molar-refractivity contribution in [2.75, 3.05) is 6.54 Å².